The number of carbonyl (C=O) groups excluding carboxylic acids is 2. The Morgan fingerprint density at radius 1 is 1.19 bits per heavy atom. The fourth-order valence-electron chi connectivity index (χ4n) is 4.54. The molecule has 2 aromatic carbocycles. The number of ketones is 1. The molecule has 5 rings (SSSR count). The summed E-state index contributed by atoms with van der Waals surface area (Å²) in [7, 11) is 0. The van der Waals surface area contributed by atoms with Crippen molar-refractivity contribution in [3.63, 3.8) is 0 Å². The number of nitrogens with zero attached hydrogens (tertiary/aromatic N) is 2. The first-order valence-corrected chi connectivity index (χ1v) is 10.9. The largest absolute Gasteiger partial charge is 0.486 e. The smallest absolute Gasteiger partial charge is 0.228 e. The van der Waals surface area contributed by atoms with E-state index in [1.165, 1.54) is 0 Å². The van der Waals surface area contributed by atoms with Crippen molar-refractivity contribution in [3.05, 3.63) is 57.7 Å². The first-order chi connectivity index (χ1) is 14.8. The van der Waals surface area contributed by atoms with E-state index in [0.717, 1.165) is 16.5 Å². The fraction of sp³-hybridized carbons (Fsp3) is 0.375. The number of hydrogen-bond acceptors (Lipinski definition) is 5. The first kappa shape index (κ1) is 20.1. The van der Waals surface area contributed by atoms with E-state index in [1.54, 1.807) is 6.07 Å². The van der Waals surface area contributed by atoms with Crippen LogP contribution in [-0.4, -0.2) is 40.4 Å². The Labute approximate surface area is 185 Å². The second-order valence-corrected chi connectivity index (χ2v) is 9.08. The lowest BCUT2D eigenvalue weighted by Gasteiger charge is -2.44. The van der Waals surface area contributed by atoms with Crippen molar-refractivity contribution in [2.45, 2.75) is 45.1 Å². The third-order valence-corrected chi connectivity index (χ3v) is 6.82. The number of hydrogen-bond donors (Lipinski definition) is 0. The van der Waals surface area contributed by atoms with Crippen molar-refractivity contribution < 1.29 is 18.8 Å². The lowest BCUT2D eigenvalue weighted by atomic mass is 9.82. The molecule has 2 aliphatic heterocycles. The van der Waals surface area contributed by atoms with Crippen molar-refractivity contribution in [1.82, 2.24) is 10.1 Å². The molecule has 1 saturated heterocycles. The molecule has 160 valence electrons. The van der Waals surface area contributed by atoms with Crippen LogP contribution in [0.15, 0.2) is 34.9 Å². The van der Waals surface area contributed by atoms with Gasteiger partial charge in [-0.2, -0.15) is 0 Å². The summed E-state index contributed by atoms with van der Waals surface area (Å²) >= 11 is 6.18. The van der Waals surface area contributed by atoms with Gasteiger partial charge in [0.15, 0.2) is 11.4 Å². The summed E-state index contributed by atoms with van der Waals surface area (Å²) in [5.74, 6) is 0.659. The highest BCUT2D eigenvalue weighted by Gasteiger charge is 2.43. The second-order valence-electron chi connectivity index (χ2n) is 8.67. The molecule has 1 spiro atoms. The number of carbonyl (C=O) groups is 2. The number of benzene rings is 2. The van der Waals surface area contributed by atoms with Gasteiger partial charge in [-0.3, -0.25) is 9.59 Å². The minimum absolute atomic E-state index is 0.0109. The van der Waals surface area contributed by atoms with Gasteiger partial charge >= 0.3 is 0 Å². The molecule has 3 heterocycles. The molecular weight excluding hydrogens is 416 g/mol. The highest BCUT2D eigenvalue weighted by Crippen LogP contribution is 2.41. The number of aromatic nitrogens is 1. The maximum absolute atomic E-state index is 12.9. The van der Waals surface area contributed by atoms with Crippen molar-refractivity contribution in [2.75, 3.05) is 13.1 Å². The van der Waals surface area contributed by atoms with Gasteiger partial charge in [-0.1, -0.05) is 28.4 Å². The lowest BCUT2D eigenvalue weighted by Crippen LogP contribution is -2.52. The van der Waals surface area contributed by atoms with Crippen molar-refractivity contribution in [2.24, 2.45) is 0 Å². The zero-order chi connectivity index (χ0) is 21.8. The topological polar surface area (TPSA) is 72.6 Å². The Morgan fingerprint density at radius 2 is 1.97 bits per heavy atom. The molecule has 0 radical (unpaired) electrons. The van der Waals surface area contributed by atoms with Crippen LogP contribution in [0, 0.1) is 13.8 Å². The minimum Gasteiger partial charge on any atom is -0.486 e. The zero-order valence-electron chi connectivity index (χ0n) is 17.5. The van der Waals surface area contributed by atoms with Gasteiger partial charge in [0.2, 0.25) is 5.91 Å². The average molecular weight is 439 g/mol. The van der Waals surface area contributed by atoms with E-state index in [-0.39, 0.29) is 18.1 Å². The molecule has 1 amide bonds. The molecule has 7 heteroatoms. The normalized spacial score (nSPS) is 17.6. The number of fused-ring (bicyclic) bond motifs is 2. The molecule has 0 aliphatic carbocycles. The molecule has 0 bridgehead atoms. The molecular formula is C24H23ClN2O4. The van der Waals surface area contributed by atoms with Crippen molar-refractivity contribution >= 4 is 34.3 Å². The Hall–Kier alpha value is -2.86. The lowest BCUT2D eigenvalue weighted by molar-refractivity contribution is -0.134. The van der Waals surface area contributed by atoms with Gasteiger partial charge in [0.1, 0.15) is 17.0 Å². The van der Waals surface area contributed by atoms with E-state index < -0.39 is 5.60 Å². The number of piperidine rings is 1. The molecule has 0 atom stereocenters. The predicted molar refractivity (Wildman–Crippen MR) is 117 cm³/mol. The van der Waals surface area contributed by atoms with Gasteiger partial charge in [0.25, 0.3) is 0 Å². The minimum atomic E-state index is -0.557. The van der Waals surface area contributed by atoms with Crippen LogP contribution >= 0.6 is 11.6 Å². The van der Waals surface area contributed by atoms with Crippen LogP contribution in [-0.2, 0) is 11.2 Å². The molecule has 0 saturated carbocycles. The van der Waals surface area contributed by atoms with Crippen LogP contribution in [0.25, 0.3) is 11.0 Å². The summed E-state index contributed by atoms with van der Waals surface area (Å²) in [4.78, 5) is 27.5. The highest BCUT2D eigenvalue weighted by atomic mass is 35.5. The Morgan fingerprint density at radius 3 is 2.74 bits per heavy atom. The van der Waals surface area contributed by atoms with Crippen LogP contribution in [0.4, 0.5) is 0 Å². The summed E-state index contributed by atoms with van der Waals surface area (Å²) in [6, 6.07) is 9.37. The van der Waals surface area contributed by atoms with Gasteiger partial charge in [0, 0.05) is 36.3 Å². The number of rotatable bonds is 2. The summed E-state index contributed by atoms with van der Waals surface area (Å²) in [6.07, 6.45) is 1.74. The third kappa shape index (κ3) is 3.59. The van der Waals surface area contributed by atoms with Crippen LogP contribution in [0.3, 0.4) is 0 Å². The molecule has 1 aromatic heterocycles. The molecule has 1 fully saturated rings. The monoisotopic (exact) mass is 438 g/mol. The van der Waals surface area contributed by atoms with Crippen LogP contribution < -0.4 is 4.74 Å². The Balaban J connectivity index is 1.28. The SMILES string of the molecule is Cc1ccc2onc(CC(=O)N3CCC4(CC3)CC(=O)c3cc(Cl)c(C)cc3O4)c2c1. The second kappa shape index (κ2) is 7.38. The molecule has 0 N–H and O–H groups in total. The Bertz CT molecular complexity index is 1210. The fourth-order valence-corrected chi connectivity index (χ4v) is 4.71. The highest BCUT2D eigenvalue weighted by molar-refractivity contribution is 6.31. The molecule has 31 heavy (non-hydrogen) atoms. The van der Waals surface area contributed by atoms with E-state index >= 15 is 0 Å². The number of ether oxygens (including phenoxy) is 1. The van der Waals surface area contributed by atoms with Gasteiger partial charge in [0.05, 0.1) is 18.4 Å². The van der Waals surface area contributed by atoms with E-state index in [1.807, 2.05) is 43.0 Å². The Kier molecular flexibility index (Phi) is 4.77. The maximum Gasteiger partial charge on any atom is 0.228 e. The van der Waals surface area contributed by atoms with Gasteiger partial charge in [-0.05, 0) is 43.7 Å². The molecule has 2 aliphatic rings. The standard InChI is InChI=1S/C24H23ClN2O4/c1-14-3-4-21-16(9-14)19(26-31-21)12-23(29)27-7-5-24(6-8-27)13-20(28)17-11-18(25)15(2)10-22(17)30-24/h3-4,9-11H,5-8,12-13H2,1-2H3. The number of aryl methyl sites for hydroxylation is 2. The first-order valence-electron chi connectivity index (χ1n) is 10.5. The average Bonchev–Trinajstić information content (AvgIpc) is 3.12. The van der Waals surface area contributed by atoms with E-state index in [0.29, 0.717) is 60.0 Å². The molecule has 6 nitrogen and oxygen atoms in total. The molecule has 3 aromatic rings. The van der Waals surface area contributed by atoms with Gasteiger partial charge in [-0.25, -0.2) is 0 Å². The van der Waals surface area contributed by atoms with Crippen molar-refractivity contribution in [3.8, 4) is 5.75 Å². The summed E-state index contributed by atoms with van der Waals surface area (Å²) in [5.41, 5.74) is 3.32. The van der Waals surface area contributed by atoms with E-state index in [9.17, 15) is 9.59 Å². The van der Waals surface area contributed by atoms with Crippen LogP contribution in [0.2, 0.25) is 5.02 Å². The number of halogens is 1. The van der Waals surface area contributed by atoms with Crippen LogP contribution in [0.1, 0.15) is 46.4 Å². The summed E-state index contributed by atoms with van der Waals surface area (Å²) in [6.45, 7) is 4.99. The number of Topliss-reactive ketones (excluding diaryl/α,β-unsaturated/α-hetero) is 1. The maximum atomic E-state index is 12.9. The van der Waals surface area contributed by atoms with E-state index in [2.05, 4.69) is 5.16 Å². The summed E-state index contributed by atoms with van der Waals surface area (Å²) < 4.78 is 11.7. The van der Waals surface area contributed by atoms with Crippen LogP contribution in [0.5, 0.6) is 5.75 Å². The predicted octanol–water partition coefficient (Wildman–Crippen LogP) is 4.67. The van der Waals surface area contributed by atoms with E-state index in [4.69, 9.17) is 20.9 Å². The third-order valence-electron chi connectivity index (χ3n) is 6.42. The zero-order valence-corrected chi connectivity index (χ0v) is 18.3. The number of likely N-dealkylation sites (tertiary alicyclic amines) is 1. The molecule has 0 unspecified atom stereocenters. The van der Waals surface area contributed by atoms with Gasteiger partial charge < -0.3 is 14.2 Å². The summed E-state index contributed by atoms with van der Waals surface area (Å²) in [5, 5.41) is 5.56. The van der Waals surface area contributed by atoms with Crippen molar-refractivity contribution in [1.29, 1.82) is 0 Å². The number of amides is 1. The van der Waals surface area contributed by atoms with Gasteiger partial charge in [-0.15, -0.1) is 0 Å². The quantitative estimate of drug-likeness (QED) is 0.581.